The molecular weight excluding hydrogens is 554 g/mol. The number of carbonyl (C=O) groups is 3. The summed E-state index contributed by atoms with van der Waals surface area (Å²) in [6.07, 6.45) is 4.17. The molecule has 2 aromatic rings. The average Bonchev–Trinajstić information content (AvgIpc) is 3.54. The zero-order valence-corrected chi connectivity index (χ0v) is 25.1. The summed E-state index contributed by atoms with van der Waals surface area (Å²) in [5.41, 5.74) is -0.211. The van der Waals surface area contributed by atoms with Gasteiger partial charge in [0.25, 0.3) is 5.91 Å². The number of aryl methyl sites for hydroxylation is 1. The lowest BCUT2D eigenvalue weighted by atomic mass is 9.66. The van der Waals surface area contributed by atoms with Crippen LogP contribution in [-0.2, 0) is 19.1 Å². The summed E-state index contributed by atoms with van der Waals surface area (Å²) in [5.74, 6) is -2.70. The second-order valence-electron chi connectivity index (χ2n) is 11.7. The molecule has 9 heteroatoms. The minimum Gasteiger partial charge on any atom is -0.394 e. The molecule has 42 heavy (non-hydrogen) atoms. The molecule has 3 heterocycles. The van der Waals surface area contributed by atoms with Gasteiger partial charge in [-0.1, -0.05) is 66.2 Å². The number of likely N-dealkylation sites (N-methyl/N-ethyl adjacent to an activating group) is 1. The fraction of sp³-hybridized carbons (Fsp3) is 0.424. The minimum atomic E-state index is -1.27. The van der Waals surface area contributed by atoms with E-state index in [2.05, 4.69) is 13.2 Å². The molecule has 1 spiro atoms. The van der Waals surface area contributed by atoms with E-state index in [0.717, 1.165) is 5.56 Å². The second-order valence-corrected chi connectivity index (χ2v) is 12.1. The zero-order valence-electron chi connectivity index (χ0n) is 24.3. The highest BCUT2D eigenvalue weighted by Gasteiger charge is 2.79. The van der Waals surface area contributed by atoms with E-state index < -0.39 is 47.6 Å². The monoisotopic (exact) mass is 591 g/mol. The van der Waals surface area contributed by atoms with Crippen molar-refractivity contribution in [3.63, 3.8) is 0 Å². The number of ether oxygens (including phenoxy) is 1. The molecule has 0 radical (unpaired) electrons. The first-order chi connectivity index (χ1) is 20.1. The van der Waals surface area contributed by atoms with Gasteiger partial charge in [0.2, 0.25) is 11.8 Å². The quantitative estimate of drug-likeness (QED) is 0.416. The number of benzene rings is 2. The van der Waals surface area contributed by atoms with Gasteiger partial charge in [-0.3, -0.25) is 14.4 Å². The molecule has 3 fully saturated rings. The number of aliphatic hydroxyl groups excluding tert-OH is 1. The maximum Gasteiger partial charge on any atom is 0.253 e. The number of fused-ring (bicyclic) bond motifs is 1. The Kier molecular flexibility index (Phi) is 8.09. The Balaban J connectivity index is 1.70. The predicted molar refractivity (Wildman–Crippen MR) is 162 cm³/mol. The highest BCUT2D eigenvalue weighted by atomic mass is 35.5. The van der Waals surface area contributed by atoms with Crippen molar-refractivity contribution in [2.75, 3.05) is 31.6 Å². The molecule has 222 valence electrons. The SMILES string of the molecule is C=CCN(C)C(=O)[C@@H]1[C@H]2C(=O)N([C@H](CO)c3ccccc3)C(C(=O)N(CC=C)c3c(C)cccc3Cl)C23CC[C@@]1(C)O3. The summed E-state index contributed by atoms with van der Waals surface area (Å²) in [6.45, 7) is 11.4. The molecule has 2 bridgehead atoms. The summed E-state index contributed by atoms with van der Waals surface area (Å²) in [4.78, 5) is 48.1. The predicted octanol–water partition coefficient (Wildman–Crippen LogP) is 4.31. The summed E-state index contributed by atoms with van der Waals surface area (Å²) in [6, 6.07) is 12.6. The molecule has 3 aliphatic heterocycles. The molecule has 2 aromatic carbocycles. The van der Waals surface area contributed by atoms with E-state index in [1.807, 2.05) is 56.3 Å². The van der Waals surface area contributed by atoms with Gasteiger partial charge in [0.1, 0.15) is 11.6 Å². The Morgan fingerprint density at radius 3 is 2.43 bits per heavy atom. The van der Waals surface area contributed by atoms with Gasteiger partial charge in [-0.05, 0) is 43.9 Å². The van der Waals surface area contributed by atoms with Crippen LogP contribution in [0.25, 0.3) is 0 Å². The number of halogens is 1. The number of para-hydroxylation sites is 1. The molecule has 3 amide bonds. The second kappa shape index (κ2) is 11.3. The molecular formula is C33H38ClN3O5. The number of nitrogens with zero attached hydrogens (tertiary/aromatic N) is 3. The van der Waals surface area contributed by atoms with Gasteiger partial charge in [0, 0.05) is 20.1 Å². The van der Waals surface area contributed by atoms with Crippen molar-refractivity contribution >= 4 is 35.0 Å². The van der Waals surface area contributed by atoms with Crippen LogP contribution in [0.2, 0.25) is 5.02 Å². The van der Waals surface area contributed by atoms with Crippen molar-refractivity contribution in [3.05, 3.63) is 90.0 Å². The normalized spacial score (nSPS) is 28.4. The molecule has 8 nitrogen and oxygen atoms in total. The van der Waals surface area contributed by atoms with E-state index in [-0.39, 0.29) is 18.4 Å². The lowest BCUT2D eigenvalue weighted by Crippen LogP contribution is -2.57. The molecule has 0 aliphatic carbocycles. The van der Waals surface area contributed by atoms with E-state index in [1.54, 1.807) is 35.1 Å². The van der Waals surface area contributed by atoms with E-state index >= 15 is 0 Å². The third-order valence-corrected chi connectivity index (χ3v) is 9.53. The van der Waals surface area contributed by atoms with Gasteiger partial charge < -0.3 is 24.5 Å². The Morgan fingerprint density at radius 2 is 1.81 bits per heavy atom. The highest BCUT2D eigenvalue weighted by molar-refractivity contribution is 6.34. The fourth-order valence-corrected chi connectivity index (χ4v) is 7.76. The average molecular weight is 592 g/mol. The van der Waals surface area contributed by atoms with Crippen molar-refractivity contribution in [1.82, 2.24) is 9.80 Å². The van der Waals surface area contributed by atoms with Crippen LogP contribution < -0.4 is 4.90 Å². The molecule has 3 saturated heterocycles. The lowest BCUT2D eigenvalue weighted by molar-refractivity contribution is -0.151. The standard InChI is InChI=1S/C33H38ClN3O5/c1-6-18-35(5)29(39)25-26-30(40)37(24(20-38)22-13-9-8-10-14-22)28(33(26)17-16-32(25,4)42-33)31(41)36(19-7-2)27-21(3)12-11-15-23(27)34/h6-15,24-26,28,38H,1-2,16-20H2,3-5H3/t24-,25+,26+,28?,32-,33?/m1/s1. The van der Waals surface area contributed by atoms with Gasteiger partial charge in [0.05, 0.1) is 40.8 Å². The third-order valence-electron chi connectivity index (χ3n) is 9.22. The number of amides is 3. The first kappa shape index (κ1) is 30.0. The number of carbonyl (C=O) groups excluding carboxylic acids is 3. The van der Waals surface area contributed by atoms with Gasteiger partial charge in [-0.25, -0.2) is 0 Å². The summed E-state index contributed by atoms with van der Waals surface area (Å²) in [7, 11) is 1.68. The van der Waals surface area contributed by atoms with Crippen LogP contribution in [0.5, 0.6) is 0 Å². The summed E-state index contributed by atoms with van der Waals surface area (Å²) in [5, 5.41) is 11.1. The first-order valence-corrected chi connectivity index (χ1v) is 14.7. The third kappa shape index (κ3) is 4.48. The van der Waals surface area contributed by atoms with Crippen molar-refractivity contribution in [3.8, 4) is 0 Å². The number of hydrogen-bond acceptors (Lipinski definition) is 5. The fourth-order valence-electron chi connectivity index (χ4n) is 7.44. The molecule has 2 unspecified atom stereocenters. The highest BCUT2D eigenvalue weighted by Crippen LogP contribution is 2.64. The van der Waals surface area contributed by atoms with Crippen LogP contribution in [0.3, 0.4) is 0 Å². The summed E-state index contributed by atoms with van der Waals surface area (Å²) >= 11 is 6.66. The smallest absolute Gasteiger partial charge is 0.253 e. The van der Waals surface area contributed by atoms with Crippen molar-refractivity contribution < 1.29 is 24.2 Å². The maximum atomic E-state index is 14.9. The Morgan fingerprint density at radius 1 is 1.12 bits per heavy atom. The molecule has 0 aromatic heterocycles. The van der Waals surface area contributed by atoms with E-state index in [1.165, 1.54) is 4.90 Å². The van der Waals surface area contributed by atoms with Gasteiger partial charge in [0.15, 0.2) is 0 Å². The topological polar surface area (TPSA) is 90.4 Å². The van der Waals surface area contributed by atoms with Gasteiger partial charge in [-0.15, -0.1) is 13.2 Å². The summed E-state index contributed by atoms with van der Waals surface area (Å²) < 4.78 is 6.80. The van der Waals surface area contributed by atoms with E-state index in [0.29, 0.717) is 35.7 Å². The zero-order chi connectivity index (χ0) is 30.4. The van der Waals surface area contributed by atoms with Crippen molar-refractivity contribution in [1.29, 1.82) is 0 Å². The molecule has 5 rings (SSSR count). The Hall–Kier alpha value is -3.46. The van der Waals surface area contributed by atoms with Crippen LogP contribution in [0.15, 0.2) is 73.8 Å². The number of aliphatic hydroxyl groups is 1. The number of likely N-dealkylation sites (tertiary alicyclic amines) is 1. The van der Waals surface area contributed by atoms with E-state index in [9.17, 15) is 19.5 Å². The maximum absolute atomic E-state index is 14.9. The lowest BCUT2D eigenvalue weighted by Gasteiger charge is -2.40. The van der Waals surface area contributed by atoms with E-state index in [4.69, 9.17) is 16.3 Å². The minimum absolute atomic E-state index is 0.138. The molecule has 1 N–H and O–H groups in total. The largest absolute Gasteiger partial charge is 0.394 e. The van der Waals surface area contributed by atoms with Crippen LogP contribution in [0.4, 0.5) is 5.69 Å². The van der Waals surface area contributed by atoms with Crippen molar-refractivity contribution in [2.45, 2.75) is 50.0 Å². The van der Waals surface area contributed by atoms with Crippen LogP contribution in [-0.4, -0.2) is 76.6 Å². The van der Waals surface area contributed by atoms with Gasteiger partial charge >= 0.3 is 0 Å². The molecule has 6 atom stereocenters. The first-order valence-electron chi connectivity index (χ1n) is 14.3. The number of anilines is 1. The van der Waals surface area contributed by atoms with Crippen LogP contribution in [0, 0.1) is 18.8 Å². The van der Waals surface area contributed by atoms with Crippen molar-refractivity contribution in [2.24, 2.45) is 11.8 Å². The Bertz CT molecular complexity index is 1400. The number of rotatable bonds is 10. The molecule has 0 saturated carbocycles. The Labute approximate surface area is 252 Å². The number of hydrogen-bond donors (Lipinski definition) is 1. The van der Waals surface area contributed by atoms with Crippen LogP contribution >= 0.6 is 11.6 Å². The molecule has 3 aliphatic rings. The van der Waals surface area contributed by atoms with Gasteiger partial charge in [-0.2, -0.15) is 0 Å². The van der Waals surface area contributed by atoms with Crippen LogP contribution in [0.1, 0.15) is 36.9 Å².